The number of allylic oxidation sites excluding steroid dienone is 2. The third-order valence-corrected chi connectivity index (χ3v) is 6.37. The third-order valence-electron chi connectivity index (χ3n) is 6.37. The van der Waals surface area contributed by atoms with Crippen molar-refractivity contribution in [2.45, 2.75) is 25.2 Å². The summed E-state index contributed by atoms with van der Waals surface area (Å²) in [5.74, 6) is 1.77. The quantitative estimate of drug-likeness (QED) is 0.450. The predicted octanol–water partition coefficient (Wildman–Crippen LogP) is 6.07. The van der Waals surface area contributed by atoms with E-state index in [1.165, 1.54) is 11.1 Å². The lowest BCUT2D eigenvalue weighted by molar-refractivity contribution is -0.119. The molecule has 0 amide bonds. The normalized spacial score (nSPS) is 17.1. The maximum absolute atomic E-state index is 13.3. The highest BCUT2D eigenvalue weighted by Gasteiger charge is 2.59. The van der Waals surface area contributed by atoms with Gasteiger partial charge in [0.25, 0.3) is 0 Å². The van der Waals surface area contributed by atoms with Crippen molar-refractivity contribution in [3.8, 4) is 11.5 Å². The number of hydrogen-bond acceptors (Lipinski definition) is 3. The summed E-state index contributed by atoms with van der Waals surface area (Å²) < 4.78 is 10.8. The molecule has 3 heteroatoms. The molecule has 1 saturated carbocycles. The largest absolute Gasteiger partial charge is 0.497 e. The molecule has 31 heavy (non-hydrogen) atoms. The van der Waals surface area contributed by atoms with Crippen LogP contribution in [0.2, 0.25) is 0 Å². The molecule has 0 aromatic heterocycles. The second-order valence-corrected chi connectivity index (χ2v) is 8.08. The van der Waals surface area contributed by atoms with E-state index in [0.29, 0.717) is 6.42 Å². The van der Waals surface area contributed by atoms with Gasteiger partial charge in [0.1, 0.15) is 17.3 Å². The number of Topliss-reactive ketones (excluding diaryl/α,β-unsaturated/α-hetero) is 1. The first kappa shape index (κ1) is 20.9. The minimum absolute atomic E-state index is 0.000821. The molecule has 158 valence electrons. The Morgan fingerprint density at radius 2 is 1.55 bits per heavy atom. The molecular weight excluding hydrogens is 384 g/mol. The van der Waals surface area contributed by atoms with Gasteiger partial charge in [-0.3, -0.25) is 4.79 Å². The van der Waals surface area contributed by atoms with E-state index < -0.39 is 0 Å². The Morgan fingerprint density at radius 1 is 0.935 bits per heavy atom. The van der Waals surface area contributed by atoms with E-state index in [1.807, 2.05) is 43.3 Å². The van der Waals surface area contributed by atoms with E-state index in [9.17, 15) is 4.79 Å². The Hall–Kier alpha value is -3.33. The molecule has 0 bridgehead atoms. The lowest BCUT2D eigenvalue weighted by atomic mass is 9.84. The first-order chi connectivity index (χ1) is 15.1. The summed E-state index contributed by atoms with van der Waals surface area (Å²) in [5, 5.41) is 0. The van der Waals surface area contributed by atoms with Crippen molar-refractivity contribution >= 4 is 11.4 Å². The summed E-state index contributed by atoms with van der Waals surface area (Å²) in [6.45, 7) is 2.02. The van der Waals surface area contributed by atoms with Gasteiger partial charge in [0, 0.05) is 29.4 Å². The molecule has 1 atom stereocenters. The van der Waals surface area contributed by atoms with Crippen molar-refractivity contribution in [3.63, 3.8) is 0 Å². The van der Waals surface area contributed by atoms with Crippen LogP contribution in [-0.2, 0) is 10.2 Å². The maximum atomic E-state index is 13.3. The summed E-state index contributed by atoms with van der Waals surface area (Å²) in [7, 11) is 3.28. The number of methoxy groups -OCH3 is 2. The van der Waals surface area contributed by atoms with E-state index in [-0.39, 0.29) is 17.1 Å². The molecule has 1 aliphatic carbocycles. The Bertz CT molecular complexity index is 1040. The minimum atomic E-state index is -0.209. The second-order valence-electron chi connectivity index (χ2n) is 8.08. The molecule has 0 saturated heterocycles. The van der Waals surface area contributed by atoms with Crippen LogP contribution in [0.5, 0.6) is 11.5 Å². The smallest absolute Gasteiger partial charge is 0.141 e. The van der Waals surface area contributed by atoms with Gasteiger partial charge in [-0.1, -0.05) is 66.7 Å². The van der Waals surface area contributed by atoms with Gasteiger partial charge >= 0.3 is 0 Å². The molecule has 1 unspecified atom stereocenters. The number of ether oxygens (including phenoxy) is 2. The molecule has 0 spiro atoms. The lowest BCUT2D eigenvalue weighted by Crippen LogP contribution is -2.16. The third kappa shape index (κ3) is 4.00. The predicted molar refractivity (Wildman–Crippen MR) is 125 cm³/mol. The zero-order valence-electron chi connectivity index (χ0n) is 18.3. The minimum Gasteiger partial charge on any atom is -0.497 e. The average Bonchev–Trinajstić information content (AvgIpc) is 3.60. The Balaban J connectivity index is 1.57. The van der Waals surface area contributed by atoms with E-state index in [1.54, 1.807) is 14.2 Å². The van der Waals surface area contributed by atoms with Gasteiger partial charge < -0.3 is 9.47 Å². The Morgan fingerprint density at radius 3 is 2.10 bits per heavy atom. The zero-order valence-corrected chi connectivity index (χ0v) is 18.3. The highest BCUT2D eigenvalue weighted by atomic mass is 16.5. The van der Waals surface area contributed by atoms with Crippen molar-refractivity contribution < 1.29 is 14.3 Å². The van der Waals surface area contributed by atoms with Gasteiger partial charge in [-0.25, -0.2) is 0 Å². The number of benzene rings is 3. The average molecular weight is 413 g/mol. The molecule has 4 rings (SSSR count). The summed E-state index contributed by atoms with van der Waals surface area (Å²) in [6.07, 6.45) is 3.29. The van der Waals surface area contributed by atoms with Gasteiger partial charge in [-0.15, -0.1) is 0 Å². The fourth-order valence-electron chi connectivity index (χ4n) is 4.56. The van der Waals surface area contributed by atoms with Gasteiger partial charge in [0.05, 0.1) is 14.2 Å². The summed E-state index contributed by atoms with van der Waals surface area (Å²) in [4.78, 5) is 13.3. The van der Waals surface area contributed by atoms with Crippen LogP contribution in [0.15, 0.2) is 84.9 Å². The maximum Gasteiger partial charge on any atom is 0.141 e. The molecule has 0 radical (unpaired) electrons. The monoisotopic (exact) mass is 412 g/mol. The molecule has 0 heterocycles. The molecule has 0 N–H and O–H groups in total. The highest BCUT2D eigenvalue weighted by molar-refractivity contribution is 5.90. The van der Waals surface area contributed by atoms with Gasteiger partial charge in [-0.2, -0.15) is 0 Å². The highest BCUT2D eigenvalue weighted by Crippen LogP contribution is 2.59. The summed E-state index contributed by atoms with van der Waals surface area (Å²) in [5.41, 5.74) is 4.23. The Kier molecular flexibility index (Phi) is 5.94. The SMILES string of the molecule is COc1ccc(/C(C)=C/CC(=O)C2CC2(c2ccccc2)c2ccccc2)c(OC)c1. The molecule has 3 nitrogen and oxygen atoms in total. The van der Waals surface area contributed by atoms with Crippen LogP contribution in [-0.4, -0.2) is 20.0 Å². The summed E-state index contributed by atoms with van der Waals surface area (Å²) >= 11 is 0. The number of hydrogen-bond donors (Lipinski definition) is 0. The van der Waals surface area contributed by atoms with E-state index in [0.717, 1.165) is 29.1 Å². The van der Waals surface area contributed by atoms with Crippen LogP contribution in [0.3, 0.4) is 0 Å². The van der Waals surface area contributed by atoms with Crippen LogP contribution in [0.4, 0.5) is 0 Å². The number of rotatable bonds is 8. The van der Waals surface area contributed by atoms with Crippen molar-refractivity contribution in [2.24, 2.45) is 5.92 Å². The van der Waals surface area contributed by atoms with Crippen LogP contribution >= 0.6 is 0 Å². The number of carbonyl (C=O) groups excluding carboxylic acids is 1. The van der Waals surface area contributed by atoms with E-state index in [2.05, 4.69) is 48.5 Å². The fraction of sp³-hybridized carbons (Fsp3) is 0.250. The first-order valence-electron chi connectivity index (χ1n) is 10.6. The molecule has 3 aromatic rings. The second kappa shape index (κ2) is 8.81. The van der Waals surface area contributed by atoms with Crippen LogP contribution in [0.25, 0.3) is 5.57 Å². The van der Waals surface area contributed by atoms with Crippen LogP contribution in [0, 0.1) is 5.92 Å². The van der Waals surface area contributed by atoms with E-state index >= 15 is 0 Å². The van der Waals surface area contributed by atoms with Crippen molar-refractivity contribution in [2.75, 3.05) is 14.2 Å². The van der Waals surface area contributed by atoms with Crippen molar-refractivity contribution in [1.29, 1.82) is 0 Å². The number of ketones is 1. The van der Waals surface area contributed by atoms with Crippen molar-refractivity contribution in [3.05, 3.63) is 102 Å². The fourth-order valence-corrected chi connectivity index (χ4v) is 4.56. The van der Waals surface area contributed by atoms with Crippen LogP contribution < -0.4 is 9.47 Å². The molecule has 1 aliphatic rings. The van der Waals surface area contributed by atoms with E-state index in [4.69, 9.17) is 9.47 Å². The molecule has 0 aliphatic heterocycles. The lowest BCUT2D eigenvalue weighted by Gasteiger charge is -2.18. The first-order valence-corrected chi connectivity index (χ1v) is 10.6. The zero-order chi connectivity index (χ0) is 21.8. The van der Waals surface area contributed by atoms with Crippen LogP contribution in [0.1, 0.15) is 36.5 Å². The van der Waals surface area contributed by atoms with Gasteiger partial charge in [0.2, 0.25) is 0 Å². The number of carbonyl (C=O) groups is 1. The van der Waals surface area contributed by atoms with Gasteiger partial charge in [0.15, 0.2) is 0 Å². The topological polar surface area (TPSA) is 35.5 Å². The molecular formula is C28H28O3. The Labute approximate surface area is 184 Å². The molecule has 1 fully saturated rings. The standard InChI is InChI=1S/C28H28O3/c1-20(24-16-15-23(30-2)18-27(24)31-3)14-17-26(29)25-19-28(25,21-10-6-4-7-11-21)22-12-8-5-9-13-22/h4-16,18,25H,17,19H2,1-3H3/b20-14+. The van der Waals surface area contributed by atoms with Crippen molar-refractivity contribution in [1.82, 2.24) is 0 Å². The molecule has 3 aromatic carbocycles. The summed E-state index contributed by atoms with van der Waals surface area (Å²) in [6, 6.07) is 26.6. The van der Waals surface area contributed by atoms with Gasteiger partial charge in [-0.05, 0) is 42.2 Å².